The van der Waals surface area contributed by atoms with E-state index in [0.717, 1.165) is 18.6 Å². The fraction of sp³-hybridized carbons (Fsp3) is 0.308. The molecule has 88 valence electrons. The van der Waals surface area contributed by atoms with Crippen molar-refractivity contribution in [3.8, 4) is 0 Å². The molecule has 1 aromatic carbocycles. The molecule has 1 unspecified atom stereocenters. The lowest BCUT2D eigenvalue weighted by Gasteiger charge is -2.10. The van der Waals surface area contributed by atoms with E-state index in [2.05, 4.69) is 39.9 Å². The second-order valence-corrected chi connectivity index (χ2v) is 4.49. The van der Waals surface area contributed by atoms with Crippen LogP contribution in [-0.4, -0.2) is 23.5 Å². The second-order valence-electron chi connectivity index (χ2n) is 4.49. The molecule has 0 radical (unpaired) electrons. The van der Waals surface area contributed by atoms with E-state index >= 15 is 0 Å². The molecule has 0 bridgehead atoms. The fourth-order valence-corrected chi connectivity index (χ4v) is 2.22. The van der Waals surface area contributed by atoms with Gasteiger partial charge in [0.2, 0.25) is 5.91 Å². The van der Waals surface area contributed by atoms with Gasteiger partial charge in [-0.3, -0.25) is 4.79 Å². The van der Waals surface area contributed by atoms with Gasteiger partial charge in [0.1, 0.15) is 0 Å². The molecule has 0 spiro atoms. The van der Waals surface area contributed by atoms with E-state index < -0.39 is 0 Å². The maximum Gasteiger partial charge on any atom is 0.221 e. The number of carbonyl (C=O) groups is 1. The highest BCUT2D eigenvalue weighted by Crippen LogP contribution is 2.14. The van der Waals surface area contributed by atoms with E-state index in [4.69, 9.17) is 0 Å². The standard InChI is InChI=1S/C13H15N3O/c17-13-6-11(8-16-13)15-7-9-1-2-10-3-4-14-12(10)5-9/h1-5,11,14-15H,6-8H2,(H,16,17). The number of carbonyl (C=O) groups excluding carboxylic acids is 1. The summed E-state index contributed by atoms with van der Waals surface area (Å²) < 4.78 is 0. The molecule has 4 heteroatoms. The summed E-state index contributed by atoms with van der Waals surface area (Å²) in [5, 5.41) is 7.44. The van der Waals surface area contributed by atoms with E-state index in [1.165, 1.54) is 10.9 Å². The Morgan fingerprint density at radius 2 is 2.29 bits per heavy atom. The van der Waals surface area contributed by atoms with Crippen LogP contribution in [0.15, 0.2) is 30.5 Å². The predicted molar refractivity (Wildman–Crippen MR) is 66.6 cm³/mol. The number of H-pyrrole nitrogens is 1. The molecule has 2 aromatic rings. The van der Waals surface area contributed by atoms with Crippen LogP contribution in [0.4, 0.5) is 0 Å². The summed E-state index contributed by atoms with van der Waals surface area (Å²) in [6.07, 6.45) is 2.53. The van der Waals surface area contributed by atoms with Gasteiger partial charge in [-0.25, -0.2) is 0 Å². The van der Waals surface area contributed by atoms with Crippen LogP contribution in [0.3, 0.4) is 0 Å². The van der Waals surface area contributed by atoms with Crippen molar-refractivity contribution in [2.45, 2.75) is 19.0 Å². The number of hydrogen-bond donors (Lipinski definition) is 3. The molecule has 0 saturated carbocycles. The topological polar surface area (TPSA) is 56.9 Å². The predicted octanol–water partition coefficient (Wildman–Crippen LogP) is 1.15. The number of aromatic amines is 1. The maximum absolute atomic E-state index is 11.0. The lowest BCUT2D eigenvalue weighted by atomic mass is 10.1. The van der Waals surface area contributed by atoms with E-state index in [9.17, 15) is 4.79 Å². The summed E-state index contributed by atoms with van der Waals surface area (Å²) in [7, 11) is 0. The zero-order chi connectivity index (χ0) is 11.7. The first-order valence-electron chi connectivity index (χ1n) is 5.87. The molecule has 4 nitrogen and oxygen atoms in total. The van der Waals surface area contributed by atoms with Gasteiger partial charge < -0.3 is 15.6 Å². The minimum absolute atomic E-state index is 0.141. The quantitative estimate of drug-likeness (QED) is 0.739. The zero-order valence-corrected chi connectivity index (χ0v) is 9.49. The van der Waals surface area contributed by atoms with Crippen LogP contribution in [0.2, 0.25) is 0 Å². The van der Waals surface area contributed by atoms with Gasteiger partial charge in [0.15, 0.2) is 0 Å². The Bertz CT molecular complexity index is 546. The van der Waals surface area contributed by atoms with Gasteiger partial charge >= 0.3 is 0 Å². The average Bonchev–Trinajstić information content (AvgIpc) is 2.94. The Morgan fingerprint density at radius 3 is 3.12 bits per heavy atom. The normalized spacial score (nSPS) is 19.8. The van der Waals surface area contributed by atoms with Gasteiger partial charge in [-0.1, -0.05) is 12.1 Å². The number of hydrogen-bond acceptors (Lipinski definition) is 2. The third kappa shape index (κ3) is 2.17. The monoisotopic (exact) mass is 229 g/mol. The van der Waals surface area contributed by atoms with E-state index in [1.54, 1.807) is 0 Å². The van der Waals surface area contributed by atoms with Gasteiger partial charge in [-0.05, 0) is 23.1 Å². The largest absolute Gasteiger partial charge is 0.361 e. The van der Waals surface area contributed by atoms with Crippen LogP contribution in [0.1, 0.15) is 12.0 Å². The Balaban J connectivity index is 1.66. The number of benzene rings is 1. The van der Waals surface area contributed by atoms with Crippen molar-refractivity contribution in [3.05, 3.63) is 36.0 Å². The highest BCUT2D eigenvalue weighted by molar-refractivity contribution is 5.80. The molecule has 2 heterocycles. The molecule has 1 fully saturated rings. The lowest BCUT2D eigenvalue weighted by molar-refractivity contribution is -0.119. The van der Waals surface area contributed by atoms with Crippen LogP contribution in [0, 0.1) is 0 Å². The third-order valence-electron chi connectivity index (χ3n) is 3.19. The summed E-state index contributed by atoms with van der Waals surface area (Å²) in [4.78, 5) is 14.2. The number of rotatable bonds is 3. The second kappa shape index (κ2) is 4.22. The Morgan fingerprint density at radius 1 is 1.35 bits per heavy atom. The van der Waals surface area contributed by atoms with Gasteiger partial charge in [0.25, 0.3) is 0 Å². The van der Waals surface area contributed by atoms with E-state index in [1.807, 2.05) is 6.20 Å². The average molecular weight is 229 g/mol. The fourth-order valence-electron chi connectivity index (χ4n) is 2.22. The first-order valence-corrected chi connectivity index (χ1v) is 5.87. The molecular weight excluding hydrogens is 214 g/mol. The van der Waals surface area contributed by atoms with Crippen molar-refractivity contribution in [2.75, 3.05) is 6.54 Å². The summed E-state index contributed by atoms with van der Waals surface area (Å²) in [6, 6.07) is 8.70. The summed E-state index contributed by atoms with van der Waals surface area (Å²) >= 11 is 0. The number of fused-ring (bicyclic) bond motifs is 1. The van der Waals surface area contributed by atoms with E-state index in [-0.39, 0.29) is 11.9 Å². The molecule has 1 amide bonds. The molecule has 3 N–H and O–H groups in total. The van der Waals surface area contributed by atoms with Gasteiger partial charge in [0, 0.05) is 37.3 Å². The Labute approximate surface area is 99.4 Å². The van der Waals surface area contributed by atoms with Gasteiger partial charge in [-0.15, -0.1) is 0 Å². The highest BCUT2D eigenvalue weighted by Gasteiger charge is 2.20. The SMILES string of the molecule is O=C1CC(NCc2ccc3cc[nH]c3c2)CN1. The van der Waals surface area contributed by atoms with Crippen molar-refractivity contribution < 1.29 is 4.79 Å². The molecule has 0 aliphatic carbocycles. The zero-order valence-electron chi connectivity index (χ0n) is 9.49. The number of aromatic nitrogens is 1. The Kier molecular flexibility index (Phi) is 2.57. The Hall–Kier alpha value is -1.81. The molecule has 17 heavy (non-hydrogen) atoms. The van der Waals surface area contributed by atoms with Crippen LogP contribution in [0.5, 0.6) is 0 Å². The lowest BCUT2D eigenvalue weighted by Crippen LogP contribution is -2.30. The molecule has 1 aliphatic rings. The summed E-state index contributed by atoms with van der Waals surface area (Å²) in [5.41, 5.74) is 2.39. The van der Waals surface area contributed by atoms with Crippen LogP contribution >= 0.6 is 0 Å². The number of nitrogens with one attached hydrogen (secondary N) is 3. The smallest absolute Gasteiger partial charge is 0.221 e. The summed E-state index contributed by atoms with van der Waals surface area (Å²) in [5.74, 6) is 0.141. The van der Waals surface area contributed by atoms with Gasteiger partial charge in [0.05, 0.1) is 0 Å². The van der Waals surface area contributed by atoms with Crippen LogP contribution in [-0.2, 0) is 11.3 Å². The van der Waals surface area contributed by atoms with Crippen molar-refractivity contribution in [1.82, 2.24) is 15.6 Å². The van der Waals surface area contributed by atoms with Crippen molar-refractivity contribution in [2.24, 2.45) is 0 Å². The first kappa shape index (κ1) is 10.4. The van der Waals surface area contributed by atoms with Gasteiger partial charge in [-0.2, -0.15) is 0 Å². The van der Waals surface area contributed by atoms with Crippen molar-refractivity contribution >= 4 is 16.8 Å². The molecule has 1 aromatic heterocycles. The summed E-state index contributed by atoms with van der Waals surface area (Å²) in [6.45, 7) is 1.54. The molecule has 3 rings (SSSR count). The molecule has 1 atom stereocenters. The minimum Gasteiger partial charge on any atom is -0.361 e. The van der Waals surface area contributed by atoms with Crippen LogP contribution in [0.25, 0.3) is 10.9 Å². The van der Waals surface area contributed by atoms with Crippen molar-refractivity contribution in [1.29, 1.82) is 0 Å². The van der Waals surface area contributed by atoms with Crippen LogP contribution < -0.4 is 10.6 Å². The molecule has 1 aliphatic heterocycles. The first-order chi connectivity index (χ1) is 8.31. The third-order valence-corrected chi connectivity index (χ3v) is 3.19. The minimum atomic E-state index is 0.141. The molecular formula is C13H15N3O. The van der Waals surface area contributed by atoms with Crippen molar-refractivity contribution in [3.63, 3.8) is 0 Å². The maximum atomic E-state index is 11.0. The van der Waals surface area contributed by atoms with E-state index in [0.29, 0.717) is 6.42 Å². The molecule has 1 saturated heterocycles. The number of amides is 1. The highest BCUT2D eigenvalue weighted by atomic mass is 16.1.